The first-order valence-electron chi connectivity index (χ1n) is 10.0. The van der Waals surface area contributed by atoms with Gasteiger partial charge in [-0.1, -0.05) is 25.1 Å². The number of thiol groups is 1. The first kappa shape index (κ1) is 19.5. The molecule has 0 saturated heterocycles. The second-order valence-electron chi connectivity index (χ2n) is 7.58. The first-order valence-corrected chi connectivity index (χ1v) is 10.6. The van der Waals surface area contributed by atoms with Crippen molar-refractivity contribution in [2.75, 3.05) is 10.7 Å². The molecule has 3 aromatic carbocycles. The van der Waals surface area contributed by atoms with Crippen molar-refractivity contribution in [3.8, 4) is 0 Å². The molecule has 2 heterocycles. The smallest absolute Gasteiger partial charge is 0.265 e. The second kappa shape index (κ2) is 7.06. The molecule has 0 saturated carbocycles. The summed E-state index contributed by atoms with van der Waals surface area (Å²) < 4.78 is 0. The van der Waals surface area contributed by atoms with Gasteiger partial charge in [-0.15, -0.1) is 0 Å². The van der Waals surface area contributed by atoms with Crippen molar-refractivity contribution < 1.29 is 19.2 Å². The van der Waals surface area contributed by atoms with Crippen LogP contribution in [0.15, 0.2) is 54.6 Å². The Morgan fingerprint density at radius 2 is 1.16 bits per heavy atom. The van der Waals surface area contributed by atoms with Crippen LogP contribution in [0.3, 0.4) is 0 Å². The van der Waals surface area contributed by atoms with E-state index in [0.29, 0.717) is 50.9 Å². The van der Waals surface area contributed by atoms with Gasteiger partial charge < -0.3 is 0 Å². The van der Waals surface area contributed by atoms with Crippen molar-refractivity contribution in [2.45, 2.75) is 19.4 Å². The Balaban J connectivity index is 1.75. The number of hydrogen-bond donors (Lipinski definition) is 1. The van der Waals surface area contributed by atoms with Crippen molar-refractivity contribution in [2.24, 2.45) is 0 Å². The molecule has 154 valence electrons. The minimum absolute atomic E-state index is 0.300. The number of carbonyl (C=O) groups is 4. The first-order chi connectivity index (χ1) is 15.0. The van der Waals surface area contributed by atoms with Crippen LogP contribution in [0.1, 0.15) is 54.8 Å². The molecule has 1 unspecified atom stereocenters. The summed E-state index contributed by atoms with van der Waals surface area (Å²) in [7, 11) is 0. The monoisotopic (exact) mass is 430 g/mol. The van der Waals surface area contributed by atoms with Crippen LogP contribution < -0.4 is 4.90 Å². The van der Waals surface area contributed by atoms with E-state index in [2.05, 4.69) is 12.6 Å². The van der Waals surface area contributed by atoms with Crippen LogP contribution in [0.25, 0.3) is 10.8 Å². The SMILES string of the molecule is CCC(CS)N1C(=O)c2ccc3c4c(ccc(c24)C1=O)C(=O)N(c1ccccc1)C3=O. The van der Waals surface area contributed by atoms with Crippen LogP contribution in [0.2, 0.25) is 0 Å². The molecular weight excluding hydrogens is 412 g/mol. The van der Waals surface area contributed by atoms with Gasteiger partial charge in [-0.25, -0.2) is 4.90 Å². The Labute approximate surface area is 183 Å². The zero-order valence-corrected chi connectivity index (χ0v) is 17.6. The Hall–Kier alpha value is -3.45. The minimum Gasteiger partial charge on any atom is -0.270 e. The number of para-hydroxylation sites is 1. The lowest BCUT2D eigenvalue weighted by molar-refractivity contribution is 0.0550. The summed E-state index contributed by atoms with van der Waals surface area (Å²) in [6.07, 6.45) is 0.582. The molecule has 1 atom stereocenters. The van der Waals surface area contributed by atoms with E-state index in [1.54, 1.807) is 54.6 Å². The summed E-state index contributed by atoms with van der Waals surface area (Å²) in [5.41, 5.74) is 1.71. The maximum Gasteiger partial charge on any atom is 0.265 e. The Kier molecular flexibility index (Phi) is 4.44. The molecule has 0 spiro atoms. The van der Waals surface area contributed by atoms with E-state index in [0.717, 1.165) is 4.90 Å². The zero-order chi connectivity index (χ0) is 21.9. The van der Waals surface area contributed by atoms with Crippen molar-refractivity contribution in [3.05, 3.63) is 76.9 Å². The normalized spacial score (nSPS) is 16.3. The number of amides is 4. The lowest BCUT2D eigenvalue weighted by Crippen LogP contribution is -2.48. The highest BCUT2D eigenvalue weighted by Crippen LogP contribution is 2.39. The molecule has 2 aliphatic heterocycles. The Morgan fingerprint density at radius 1 is 0.710 bits per heavy atom. The highest BCUT2D eigenvalue weighted by Gasteiger charge is 2.41. The van der Waals surface area contributed by atoms with E-state index in [1.807, 2.05) is 6.92 Å². The largest absolute Gasteiger partial charge is 0.270 e. The number of anilines is 1. The van der Waals surface area contributed by atoms with Gasteiger partial charge in [0.2, 0.25) is 0 Å². The highest BCUT2D eigenvalue weighted by molar-refractivity contribution is 7.80. The fourth-order valence-electron chi connectivity index (χ4n) is 4.43. The molecule has 0 bridgehead atoms. The Morgan fingerprint density at radius 3 is 1.58 bits per heavy atom. The van der Waals surface area contributed by atoms with Crippen LogP contribution in [-0.2, 0) is 0 Å². The predicted molar refractivity (Wildman–Crippen MR) is 120 cm³/mol. The molecule has 7 heteroatoms. The highest BCUT2D eigenvalue weighted by atomic mass is 32.1. The van der Waals surface area contributed by atoms with Gasteiger partial charge >= 0.3 is 0 Å². The van der Waals surface area contributed by atoms with E-state index in [-0.39, 0.29) is 6.04 Å². The molecule has 0 radical (unpaired) electrons. The van der Waals surface area contributed by atoms with Gasteiger partial charge in [0, 0.05) is 44.8 Å². The molecule has 0 aliphatic carbocycles. The molecule has 6 nitrogen and oxygen atoms in total. The molecule has 0 fully saturated rings. The average molecular weight is 430 g/mol. The maximum absolute atomic E-state index is 13.3. The summed E-state index contributed by atoms with van der Waals surface area (Å²) in [6, 6.07) is 14.7. The molecule has 0 N–H and O–H groups in total. The summed E-state index contributed by atoms with van der Waals surface area (Å²) in [6.45, 7) is 1.90. The third-order valence-corrected chi connectivity index (χ3v) is 6.41. The van der Waals surface area contributed by atoms with E-state index in [4.69, 9.17) is 0 Å². The van der Waals surface area contributed by atoms with Crippen LogP contribution in [0.4, 0.5) is 5.69 Å². The van der Waals surface area contributed by atoms with E-state index in [9.17, 15) is 19.2 Å². The topological polar surface area (TPSA) is 74.8 Å². The van der Waals surface area contributed by atoms with E-state index < -0.39 is 23.6 Å². The van der Waals surface area contributed by atoms with Crippen LogP contribution in [0, 0.1) is 0 Å². The van der Waals surface area contributed by atoms with E-state index in [1.165, 1.54) is 4.90 Å². The number of imide groups is 2. The number of carbonyl (C=O) groups excluding carboxylic acids is 4. The quantitative estimate of drug-likeness (QED) is 0.503. The lowest BCUT2D eigenvalue weighted by Gasteiger charge is -2.34. The number of benzene rings is 3. The molecule has 4 amide bonds. The molecule has 5 rings (SSSR count). The third kappa shape index (κ3) is 2.59. The summed E-state index contributed by atoms with van der Waals surface area (Å²) in [4.78, 5) is 55.4. The maximum atomic E-state index is 13.3. The third-order valence-electron chi connectivity index (χ3n) is 5.99. The summed E-state index contributed by atoms with van der Waals surface area (Å²) in [5, 5.41) is 0.752. The molecular formula is C24H18N2O4S. The fraction of sp³-hybridized carbons (Fsp3) is 0.167. The fourth-order valence-corrected chi connectivity index (χ4v) is 4.85. The van der Waals surface area contributed by atoms with Gasteiger partial charge in [-0.05, 0) is 42.8 Å². The summed E-state index contributed by atoms with van der Waals surface area (Å²) >= 11 is 4.30. The van der Waals surface area contributed by atoms with Crippen molar-refractivity contribution in [1.29, 1.82) is 0 Å². The molecule has 3 aromatic rings. The van der Waals surface area contributed by atoms with Gasteiger partial charge in [-0.3, -0.25) is 24.1 Å². The number of nitrogens with zero attached hydrogens (tertiary/aromatic N) is 2. The number of rotatable bonds is 4. The van der Waals surface area contributed by atoms with Gasteiger partial charge in [0.1, 0.15) is 0 Å². The van der Waals surface area contributed by atoms with Crippen molar-refractivity contribution >= 4 is 52.7 Å². The van der Waals surface area contributed by atoms with Crippen LogP contribution in [-0.4, -0.2) is 40.3 Å². The van der Waals surface area contributed by atoms with Gasteiger partial charge in [0.05, 0.1) is 5.69 Å². The minimum atomic E-state index is -0.475. The van der Waals surface area contributed by atoms with Crippen LogP contribution >= 0.6 is 12.6 Å². The molecule has 2 aliphatic rings. The zero-order valence-electron chi connectivity index (χ0n) is 16.7. The standard InChI is InChI=1S/C24H18N2O4S/c1-2-13(12-31)25-21(27)15-8-10-17-20-18(11-9-16(19(15)20)22(25)28)24(30)26(23(17)29)14-6-4-3-5-7-14/h3-11,13,31H,2,12H2,1H3. The van der Waals surface area contributed by atoms with Crippen molar-refractivity contribution in [1.82, 2.24) is 4.90 Å². The predicted octanol–water partition coefficient (Wildman–Crippen LogP) is 3.94. The van der Waals surface area contributed by atoms with Crippen molar-refractivity contribution in [3.63, 3.8) is 0 Å². The van der Waals surface area contributed by atoms with Gasteiger partial charge in [0.25, 0.3) is 23.6 Å². The van der Waals surface area contributed by atoms with Gasteiger partial charge in [-0.2, -0.15) is 12.6 Å². The summed E-state index contributed by atoms with van der Waals surface area (Å²) in [5.74, 6) is -1.45. The Bertz CT molecular complexity index is 1230. The van der Waals surface area contributed by atoms with E-state index >= 15 is 0 Å². The lowest BCUT2D eigenvalue weighted by atomic mass is 9.85. The number of hydrogen-bond acceptors (Lipinski definition) is 5. The van der Waals surface area contributed by atoms with Gasteiger partial charge in [0.15, 0.2) is 0 Å². The van der Waals surface area contributed by atoms with Crippen LogP contribution in [0.5, 0.6) is 0 Å². The second-order valence-corrected chi connectivity index (χ2v) is 7.94. The average Bonchev–Trinajstić information content (AvgIpc) is 2.79. The molecule has 0 aromatic heterocycles. The molecule has 31 heavy (non-hydrogen) atoms.